The molecule has 0 aliphatic carbocycles. The van der Waals surface area contributed by atoms with E-state index >= 15 is 0 Å². The summed E-state index contributed by atoms with van der Waals surface area (Å²) in [6.45, 7) is 0. The first-order valence-electron chi connectivity index (χ1n) is 7.36. The molecule has 1 amide bonds. The van der Waals surface area contributed by atoms with E-state index in [-0.39, 0.29) is 18.4 Å². The summed E-state index contributed by atoms with van der Waals surface area (Å²) < 4.78 is 12.6. The summed E-state index contributed by atoms with van der Waals surface area (Å²) in [6.07, 6.45) is 5.74. The zero-order valence-corrected chi connectivity index (χ0v) is 12.8. The topological polar surface area (TPSA) is 56.4 Å². The van der Waals surface area contributed by atoms with Gasteiger partial charge in [0.05, 0.1) is 25.8 Å². The minimum absolute atomic E-state index is 0.0895. The molecule has 1 N–H and O–H groups in total. The van der Waals surface area contributed by atoms with Crippen LogP contribution in [0.3, 0.4) is 0 Å². The standard InChI is InChI=1S/C18H18N2O3/c1-22-15-7-4-6-14(12-15)19-18(21)13-16(17-8-5-11-23-17)20-9-2-3-10-20/h2-12,16H,13H2,1H3,(H,19,21)/t16-/m0/s1. The number of aromatic nitrogens is 1. The fourth-order valence-corrected chi connectivity index (χ4v) is 2.48. The Balaban J connectivity index is 1.73. The molecule has 0 fully saturated rings. The van der Waals surface area contributed by atoms with E-state index in [4.69, 9.17) is 9.15 Å². The molecule has 0 saturated carbocycles. The average molecular weight is 310 g/mol. The second-order valence-electron chi connectivity index (χ2n) is 5.15. The van der Waals surface area contributed by atoms with E-state index in [0.717, 1.165) is 5.76 Å². The highest BCUT2D eigenvalue weighted by atomic mass is 16.5. The van der Waals surface area contributed by atoms with E-state index in [1.165, 1.54) is 0 Å². The number of nitrogens with zero attached hydrogens (tertiary/aromatic N) is 1. The van der Waals surface area contributed by atoms with Crippen LogP contribution in [0.1, 0.15) is 18.2 Å². The highest BCUT2D eigenvalue weighted by Gasteiger charge is 2.19. The van der Waals surface area contributed by atoms with Gasteiger partial charge in [0.1, 0.15) is 11.5 Å². The summed E-state index contributed by atoms with van der Waals surface area (Å²) in [7, 11) is 1.60. The quantitative estimate of drug-likeness (QED) is 0.755. The van der Waals surface area contributed by atoms with Crippen LogP contribution in [0.25, 0.3) is 0 Å². The molecule has 5 heteroatoms. The number of furan rings is 1. The van der Waals surface area contributed by atoms with Gasteiger partial charge in [-0.1, -0.05) is 6.07 Å². The molecule has 3 aromatic rings. The number of nitrogens with one attached hydrogen (secondary N) is 1. The van der Waals surface area contributed by atoms with E-state index in [1.807, 2.05) is 59.4 Å². The number of hydrogen-bond acceptors (Lipinski definition) is 3. The molecule has 0 radical (unpaired) electrons. The van der Waals surface area contributed by atoms with Gasteiger partial charge in [-0.2, -0.15) is 0 Å². The Morgan fingerprint density at radius 1 is 1.22 bits per heavy atom. The van der Waals surface area contributed by atoms with Crippen LogP contribution in [-0.4, -0.2) is 17.6 Å². The van der Waals surface area contributed by atoms with Crippen molar-refractivity contribution in [1.29, 1.82) is 0 Å². The van der Waals surface area contributed by atoms with Gasteiger partial charge in [-0.3, -0.25) is 4.79 Å². The highest BCUT2D eigenvalue weighted by molar-refractivity contribution is 5.91. The number of anilines is 1. The number of ether oxygens (including phenoxy) is 1. The number of rotatable bonds is 6. The second kappa shape index (κ2) is 6.87. The Labute approximate surface area is 134 Å². The average Bonchev–Trinajstić information content (AvgIpc) is 3.26. The van der Waals surface area contributed by atoms with Gasteiger partial charge < -0.3 is 19.0 Å². The number of carbonyl (C=O) groups is 1. The van der Waals surface area contributed by atoms with Crippen molar-refractivity contribution < 1.29 is 13.9 Å². The first-order valence-corrected chi connectivity index (χ1v) is 7.36. The molecule has 2 heterocycles. The SMILES string of the molecule is COc1cccc(NC(=O)C[C@@H](c2ccco2)n2cccc2)c1. The highest BCUT2D eigenvalue weighted by Crippen LogP contribution is 2.24. The predicted molar refractivity (Wildman–Crippen MR) is 87.5 cm³/mol. The van der Waals surface area contributed by atoms with E-state index in [9.17, 15) is 4.79 Å². The molecule has 2 aromatic heterocycles. The molecule has 0 aliphatic heterocycles. The summed E-state index contributed by atoms with van der Waals surface area (Å²) in [6, 6.07) is 14.7. The molecular formula is C18H18N2O3. The predicted octanol–water partition coefficient (Wildman–Crippen LogP) is 3.71. The van der Waals surface area contributed by atoms with Gasteiger partial charge in [-0.15, -0.1) is 0 Å². The maximum Gasteiger partial charge on any atom is 0.226 e. The summed E-state index contributed by atoms with van der Waals surface area (Å²) >= 11 is 0. The smallest absolute Gasteiger partial charge is 0.226 e. The van der Waals surface area contributed by atoms with Crippen molar-refractivity contribution in [2.45, 2.75) is 12.5 Å². The molecule has 0 aliphatic rings. The van der Waals surface area contributed by atoms with Crippen LogP contribution in [0, 0.1) is 0 Å². The number of carbonyl (C=O) groups excluding carboxylic acids is 1. The Morgan fingerprint density at radius 3 is 2.74 bits per heavy atom. The number of benzene rings is 1. The molecule has 23 heavy (non-hydrogen) atoms. The third-order valence-electron chi connectivity index (χ3n) is 3.59. The van der Waals surface area contributed by atoms with E-state index in [1.54, 1.807) is 19.4 Å². The maximum atomic E-state index is 12.4. The fourth-order valence-electron chi connectivity index (χ4n) is 2.48. The molecule has 0 spiro atoms. The van der Waals surface area contributed by atoms with Crippen LogP contribution in [0.4, 0.5) is 5.69 Å². The molecule has 118 valence electrons. The second-order valence-corrected chi connectivity index (χ2v) is 5.15. The molecule has 1 aromatic carbocycles. The van der Waals surface area contributed by atoms with Crippen LogP contribution >= 0.6 is 0 Å². The van der Waals surface area contributed by atoms with Crippen molar-refractivity contribution in [3.8, 4) is 5.75 Å². The van der Waals surface area contributed by atoms with Crippen LogP contribution in [0.5, 0.6) is 5.75 Å². The summed E-state index contributed by atoms with van der Waals surface area (Å²) in [5.74, 6) is 1.37. The van der Waals surface area contributed by atoms with Crippen molar-refractivity contribution in [3.63, 3.8) is 0 Å². The number of amides is 1. The first kappa shape index (κ1) is 15.0. The number of hydrogen-bond donors (Lipinski definition) is 1. The van der Waals surface area contributed by atoms with Gasteiger partial charge in [0.15, 0.2) is 0 Å². The largest absolute Gasteiger partial charge is 0.497 e. The number of methoxy groups -OCH3 is 1. The summed E-state index contributed by atoms with van der Waals surface area (Å²) in [5.41, 5.74) is 0.708. The minimum Gasteiger partial charge on any atom is -0.497 e. The summed E-state index contributed by atoms with van der Waals surface area (Å²) in [4.78, 5) is 12.4. The fraction of sp³-hybridized carbons (Fsp3) is 0.167. The van der Waals surface area contributed by atoms with E-state index in [0.29, 0.717) is 11.4 Å². The van der Waals surface area contributed by atoms with Gasteiger partial charge in [-0.05, 0) is 36.4 Å². The van der Waals surface area contributed by atoms with Crippen LogP contribution in [0.15, 0.2) is 71.6 Å². The molecule has 5 nitrogen and oxygen atoms in total. The minimum atomic E-state index is -0.175. The first-order chi connectivity index (χ1) is 11.3. The lowest BCUT2D eigenvalue weighted by atomic mass is 10.1. The molecule has 3 rings (SSSR count). The molecule has 0 saturated heterocycles. The lowest BCUT2D eigenvalue weighted by molar-refractivity contribution is -0.116. The normalized spacial score (nSPS) is 11.9. The molecule has 1 atom stereocenters. The Morgan fingerprint density at radius 2 is 2.04 bits per heavy atom. The zero-order chi connectivity index (χ0) is 16.1. The monoisotopic (exact) mass is 310 g/mol. The van der Waals surface area contributed by atoms with Gasteiger partial charge >= 0.3 is 0 Å². The van der Waals surface area contributed by atoms with Crippen molar-refractivity contribution >= 4 is 11.6 Å². The van der Waals surface area contributed by atoms with Crippen LogP contribution in [-0.2, 0) is 4.79 Å². The Kier molecular flexibility index (Phi) is 4.47. The Hall–Kier alpha value is -2.95. The molecule has 0 bridgehead atoms. The van der Waals surface area contributed by atoms with Gasteiger partial charge in [0.2, 0.25) is 5.91 Å². The van der Waals surface area contributed by atoms with Gasteiger partial charge in [0, 0.05) is 24.1 Å². The van der Waals surface area contributed by atoms with Crippen molar-refractivity contribution in [2.75, 3.05) is 12.4 Å². The molecule has 0 unspecified atom stereocenters. The Bertz CT molecular complexity index is 714. The lowest BCUT2D eigenvalue weighted by Crippen LogP contribution is -2.19. The lowest BCUT2D eigenvalue weighted by Gasteiger charge is -2.16. The van der Waals surface area contributed by atoms with Crippen LogP contribution < -0.4 is 10.1 Å². The molecular weight excluding hydrogens is 292 g/mol. The van der Waals surface area contributed by atoms with Crippen molar-refractivity contribution in [2.24, 2.45) is 0 Å². The third-order valence-corrected chi connectivity index (χ3v) is 3.59. The van der Waals surface area contributed by atoms with Crippen molar-refractivity contribution in [3.05, 3.63) is 72.9 Å². The van der Waals surface area contributed by atoms with Gasteiger partial charge in [-0.25, -0.2) is 0 Å². The van der Waals surface area contributed by atoms with E-state index in [2.05, 4.69) is 5.32 Å². The third kappa shape index (κ3) is 3.63. The van der Waals surface area contributed by atoms with Gasteiger partial charge in [0.25, 0.3) is 0 Å². The van der Waals surface area contributed by atoms with E-state index < -0.39 is 0 Å². The maximum absolute atomic E-state index is 12.4. The van der Waals surface area contributed by atoms with Crippen LogP contribution in [0.2, 0.25) is 0 Å². The van der Waals surface area contributed by atoms with Crippen molar-refractivity contribution in [1.82, 2.24) is 4.57 Å². The summed E-state index contributed by atoms with van der Waals surface area (Å²) in [5, 5.41) is 2.90. The zero-order valence-electron chi connectivity index (χ0n) is 12.8.